The van der Waals surface area contributed by atoms with E-state index in [4.69, 9.17) is 0 Å². The number of hydrogen-bond donors (Lipinski definition) is 2. The summed E-state index contributed by atoms with van der Waals surface area (Å²) in [6.45, 7) is 5.50. The molecule has 2 N–H and O–H groups in total. The van der Waals surface area contributed by atoms with Gasteiger partial charge in [0.15, 0.2) is 5.82 Å². The highest BCUT2D eigenvalue weighted by atomic mass is 19.1. The van der Waals surface area contributed by atoms with Gasteiger partial charge in [0.25, 0.3) is 0 Å². The van der Waals surface area contributed by atoms with Crippen LogP contribution in [0.25, 0.3) is 10.9 Å². The van der Waals surface area contributed by atoms with Crippen LogP contribution in [-0.4, -0.2) is 47.8 Å². The average molecular weight is 383 g/mol. The van der Waals surface area contributed by atoms with Gasteiger partial charge in [-0.05, 0) is 47.9 Å². The molecule has 28 heavy (non-hydrogen) atoms. The Morgan fingerprint density at radius 2 is 1.79 bits per heavy atom. The van der Waals surface area contributed by atoms with Crippen LogP contribution < -0.4 is 10.2 Å². The maximum atomic E-state index is 13.4. The smallest absolute Gasteiger partial charge is 0.158 e. The predicted octanol–water partition coefficient (Wildman–Crippen LogP) is 3.20. The molecular weight excluding hydrogens is 360 g/mol. The van der Waals surface area contributed by atoms with E-state index >= 15 is 0 Å². The van der Waals surface area contributed by atoms with Crippen LogP contribution in [0.5, 0.6) is 0 Å². The minimum absolute atomic E-state index is 0.161. The number of piperazine rings is 1. The third kappa shape index (κ3) is 3.25. The molecule has 0 bridgehead atoms. The number of rotatable bonds is 4. The van der Waals surface area contributed by atoms with Crippen molar-refractivity contribution in [1.82, 2.24) is 20.4 Å². The lowest BCUT2D eigenvalue weighted by molar-refractivity contribution is 0.244. The zero-order chi connectivity index (χ0) is 19.1. The fraction of sp³-hybridized carbons (Fsp3) is 0.381. The van der Waals surface area contributed by atoms with Crippen LogP contribution in [0.1, 0.15) is 23.6 Å². The van der Waals surface area contributed by atoms with Gasteiger partial charge in [-0.15, -0.1) is 0 Å². The number of nitrogens with zero attached hydrogens (tertiary/aromatic N) is 3. The van der Waals surface area contributed by atoms with Crippen molar-refractivity contribution in [1.29, 1.82) is 0 Å². The lowest BCUT2D eigenvalue weighted by atomic mass is 10.0. The second-order valence-electron chi connectivity index (χ2n) is 7.63. The number of hydrogen-bond acceptors (Lipinski definition) is 4. The minimum Gasteiger partial charge on any atom is -0.352 e. The van der Waals surface area contributed by atoms with Gasteiger partial charge in [0.2, 0.25) is 0 Å². The molecule has 7 heteroatoms. The SMILES string of the molecule is Fc1ccc2c(c1)CNC2CCN1CCN(c2n[nH]c3cc(F)ccc23)CC1. The second-order valence-corrected chi connectivity index (χ2v) is 7.63. The summed E-state index contributed by atoms with van der Waals surface area (Å²) in [4.78, 5) is 4.73. The molecule has 2 aliphatic heterocycles. The molecule has 1 fully saturated rings. The van der Waals surface area contributed by atoms with Gasteiger partial charge in [-0.1, -0.05) is 6.07 Å². The zero-order valence-electron chi connectivity index (χ0n) is 15.6. The van der Waals surface area contributed by atoms with Crippen LogP contribution in [0.15, 0.2) is 36.4 Å². The molecule has 1 atom stereocenters. The maximum absolute atomic E-state index is 13.4. The van der Waals surface area contributed by atoms with Crippen LogP contribution in [0.2, 0.25) is 0 Å². The topological polar surface area (TPSA) is 47.2 Å². The van der Waals surface area contributed by atoms with E-state index in [1.54, 1.807) is 18.2 Å². The number of halogens is 2. The molecule has 1 unspecified atom stereocenters. The third-order valence-electron chi connectivity index (χ3n) is 5.93. The van der Waals surface area contributed by atoms with Crippen molar-refractivity contribution in [2.45, 2.75) is 19.0 Å². The van der Waals surface area contributed by atoms with Crippen molar-refractivity contribution in [3.05, 3.63) is 59.2 Å². The van der Waals surface area contributed by atoms with Crippen molar-refractivity contribution in [3.8, 4) is 0 Å². The highest BCUT2D eigenvalue weighted by molar-refractivity contribution is 5.90. The Bertz CT molecular complexity index is 994. The quantitative estimate of drug-likeness (QED) is 0.726. The van der Waals surface area contributed by atoms with Gasteiger partial charge in [-0.3, -0.25) is 10.00 Å². The Morgan fingerprint density at radius 1 is 1.00 bits per heavy atom. The summed E-state index contributed by atoms with van der Waals surface area (Å²) in [5, 5.41) is 11.8. The van der Waals surface area contributed by atoms with Gasteiger partial charge in [0, 0.05) is 50.7 Å². The predicted molar refractivity (Wildman–Crippen MR) is 105 cm³/mol. The molecule has 0 spiro atoms. The Labute approximate surface area is 162 Å². The van der Waals surface area contributed by atoms with E-state index in [9.17, 15) is 8.78 Å². The van der Waals surface area contributed by atoms with Crippen molar-refractivity contribution < 1.29 is 8.78 Å². The van der Waals surface area contributed by atoms with Gasteiger partial charge >= 0.3 is 0 Å². The van der Waals surface area contributed by atoms with Gasteiger partial charge in [-0.25, -0.2) is 8.78 Å². The molecule has 3 heterocycles. The van der Waals surface area contributed by atoms with Crippen molar-refractivity contribution >= 4 is 16.7 Å². The number of fused-ring (bicyclic) bond motifs is 2. The summed E-state index contributed by atoms with van der Waals surface area (Å²) in [7, 11) is 0. The molecule has 146 valence electrons. The van der Waals surface area contributed by atoms with Crippen LogP contribution >= 0.6 is 0 Å². The van der Waals surface area contributed by atoms with Crippen molar-refractivity contribution in [2.75, 3.05) is 37.6 Å². The fourth-order valence-electron chi connectivity index (χ4n) is 4.38. The molecule has 5 rings (SSSR count). The number of H-pyrrole nitrogens is 1. The van der Waals surface area contributed by atoms with Gasteiger partial charge in [-0.2, -0.15) is 5.10 Å². The standard InChI is InChI=1S/C21H23F2N5/c22-15-1-3-17-14(11-15)13-24-19(17)5-6-27-7-9-28(10-8-27)21-18-4-2-16(23)12-20(18)25-26-21/h1-4,11-12,19,24H,5-10,13H2,(H,25,26). The first-order valence-electron chi connectivity index (χ1n) is 9.80. The van der Waals surface area contributed by atoms with E-state index in [0.29, 0.717) is 6.04 Å². The van der Waals surface area contributed by atoms with Gasteiger partial charge in [0.1, 0.15) is 11.6 Å². The monoisotopic (exact) mass is 383 g/mol. The molecule has 3 aromatic rings. The van der Waals surface area contributed by atoms with Gasteiger partial charge < -0.3 is 10.2 Å². The van der Waals surface area contributed by atoms with Crippen LogP contribution in [0, 0.1) is 11.6 Å². The number of nitrogens with one attached hydrogen (secondary N) is 2. The lowest BCUT2D eigenvalue weighted by Gasteiger charge is -2.35. The summed E-state index contributed by atoms with van der Waals surface area (Å²) < 4.78 is 26.7. The minimum atomic E-state index is -0.252. The summed E-state index contributed by atoms with van der Waals surface area (Å²) in [6.07, 6.45) is 1.02. The van der Waals surface area contributed by atoms with E-state index in [-0.39, 0.29) is 11.6 Å². The Hall–Kier alpha value is -2.51. The Kier molecular flexibility index (Phi) is 4.49. The third-order valence-corrected chi connectivity index (χ3v) is 5.93. The van der Waals surface area contributed by atoms with E-state index in [1.165, 1.54) is 17.7 Å². The first-order chi connectivity index (χ1) is 13.7. The Morgan fingerprint density at radius 3 is 2.64 bits per heavy atom. The molecule has 2 aromatic carbocycles. The van der Waals surface area contributed by atoms with E-state index in [2.05, 4.69) is 25.3 Å². The molecule has 1 saturated heterocycles. The van der Waals surface area contributed by atoms with Crippen LogP contribution in [-0.2, 0) is 6.54 Å². The fourth-order valence-corrected chi connectivity index (χ4v) is 4.38. The maximum Gasteiger partial charge on any atom is 0.158 e. The first-order valence-corrected chi connectivity index (χ1v) is 9.80. The number of aromatic nitrogens is 2. The van der Waals surface area contributed by atoms with E-state index in [1.807, 2.05) is 6.07 Å². The molecule has 5 nitrogen and oxygen atoms in total. The molecule has 1 aromatic heterocycles. The summed E-state index contributed by atoms with van der Waals surface area (Å²) in [5.74, 6) is 0.492. The van der Waals surface area contributed by atoms with Crippen LogP contribution in [0.3, 0.4) is 0 Å². The number of anilines is 1. The summed E-state index contributed by atoms with van der Waals surface area (Å²) in [6, 6.07) is 10.2. The average Bonchev–Trinajstić information content (AvgIpc) is 3.30. The molecule has 0 radical (unpaired) electrons. The van der Waals surface area contributed by atoms with Crippen molar-refractivity contribution in [2.24, 2.45) is 0 Å². The molecule has 2 aliphatic rings. The Balaban J connectivity index is 1.18. The number of benzene rings is 2. The molecule has 0 amide bonds. The zero-order valence-corrected chi connectivity index (χ0v) is 15.6. The second kappa shape index (κ2) is 7.14. The summed E-state index contributed by atoms with van der Waals surface area (Å²) >= 11 is 0. The van der Waals surface area contributed by atoms with Crippen molar-refractivity contribution in [3.63, 3.8) is 0 Å². The van der Waals surface area contributed by atoms with E-state index in [0.717, 1.165) is 68.0 Å². The number of aromatic amines is 1. The highest BCUT2D eigenvalue weighted by Gasteiger charge is 2.25. The van der Waals surface area contributed by atoms with E-state index < -0.39 is 0 Å². The first kappa shape index (κ1) is 17.6. The lowest BCUT2D eigenvalue weighted by Crippen LogP contribution is -2.47. The normalized spacial score (nSPS) is 20.1. The van der Waals surface area contributed by atoms with Crippen LogP contribution in [0.4, 0.5) is 14.6 Å². The largest absolute Gasteiger partial charge is 0.352 e. The molecule has 0 aliphatic carbocycles. The summed E-state index contributed by atoms with van der Waals surface area (Å²) in [5.41, 5.74) is 3.05. The van der Waals surface area contributed by atoms with Gasteiger partial charge in [0.05, 0.1) is 5.52 Å². The highest BCUT2D eigenvalue weighted by Crippen LogP contribution is 2.29. The molecular formula is C21H23F2N5. The molecule has 0 saturated carbocycles.